The summed E-state index contributed by atoms with van der Waals surface area (Å²) in [5, 5.41) is 3.03. The lowest BCUT2D eigenvalue weighted by Crippen LogP contribution is -2.23. The third-order valence-corrected chi connectivity index (χ3v) is 2.24. The van der Waals surface area contributed by atoms with Crippen LogP contribution >= 0.6 is 0 Å². The molecule has 0 amide bonds. The first-order valence-electron chi connectivity index (χ1n) is 5.92. The summed E-state index contributed by atoms with van der Waals surface area (Å²) in [6.07, 6.45) is 0. The number of ether oxygens (including phenoxy) is 2. The Bertz CT molecular complexity index is 380. The molecule has 0 aliphatic heterocycles. The van der Waals surface area contributed by atoms with Gasteiger partial charge in [-0.05, 0) is 24.6 Å². The monoisotopic (exact) mass is 251 g/mol. The van der Waals surface area contributed by atoms with Gasteiger partial charge in [0, 0.05) is 12.8 Å². The van der Waals surface area contributed by atoms with Crippen LogP contribution in [0.3, 0.4) is 0 Å². The van der Waals surface area contributed by atoms with Gasteiger partial charge in [-0.25, -0.2) is 0 Å². The van der Waals surface area contributed by atoms with Gasteiger partial charge in [-0.3, -0.25) is 4.99 Å². The van der Waals surface area contributed by atoms with Crippen molar-refractivity contribution in [3.63, 3.8) is 0 Å². The molecular weight excluding hydrogens is 230 g/mol. The zero-order valence-electron chi connectivity index (χ0n) is 11.0. The number of rotatable bonds is 7. The van der Waals surface area contributed by atoms with Crippen molar-refractivity contribution in [2.24, 2.45) is 10.7 Å². The van der Waals surface area contributed by atoms with E-state index in [4.69, 9.17) is 15.2 Å². The van der Waals surface area contributed by atoms with Crippen molar-refractivity contribution in [1.29, 1.82) is 0 Å². The fourth-order valence-electron chi connectivity index (χ4n) is 1.39. The molecule has 0 radical (unpaired) electrons. The van der Waals surface area contributed by atoms with E-state index in [9.17, 15) is 0 Å². The number of hydrogen-bond donors (Lipinski definition) is 2. The van der Waals surface area contributed by atoms with E-state index < -0.39 is 0 Å². The topological polar surface area (TPSA) is 68.9 Å². The van der Waals surface area contributed by atoms with Gasteiger partial charge in [-0.15, -0.1) is 0 Å². The minimum Gasteiger partial charge on any atom is -0.382 e. The Morgan fingerprint density at radius 3 is 2.89 bits per heavy atom. The highest BCUT2D eigenvalue weighted by Crippen LogP contribution is 2.08. The number of nitrogens with one attached hydrogen (secondary N) is 1. The van der Waals surface area contributed by atoms with E-state index in [0.29, 0.717) is 32.3 Å². The van der Waals surface area contributed by atoms with Gasteiger partial charge in [-0.2, -0.15) is 0 Å². The predicted molar refractivity (Wildman–Crippen MR) is 74.0 cm³/mol. The third-order valence-electron chi connectivity index (χ3n) is 2.24. The highest BCUT2D eigenvalue weighted by molar-refractivity contribution is 5.92. The number of aliphatic imine (C=N–C) groups is 1. The molecule has 100 valence electrons. The zero-order chi connectivity index (χ0) is 13.2. The van der Waals surface area contributed by atoms with Gasteiger partial charge in [0.25, 0.3) is 0 Å². The lowest BCUT2D eigenvalue weighted by atomic mass is 10.2. The average Bonchev–Trinajstić information content (AvgIpc) is 2.33. The first kappa shape index (κ1) is 14.5. The van der Waals surface area contributed by atoms with Crippen LogP contribution in [0.2, 0.25) is 0 Å². The summed E-state index contributed by atoms with van der Waals surface area (Å²) in [5.74, 6) is 0.399. The van der Waals surface area contributed by atoms with E-state index in [0.717, 1.165) is 5.69 Å². The highest BCUT2D eigenvalue weighted by atomic mass is 16.5. The van der Waals surface area contributed by atoms with E-state index in [1.807, 2.05) is 31.2 Å². The molecule has 5 heteroatoms. The van der Waals surface area contributed by atoms with E-state index in [1.165, 1.54) is 5.56 Å². The molecule has 0 bridgehead atoms. The largest absolute Gasteiger partial charge is 0.382 e. The minimum absolute atomic E-state index is 0.399. The van der Waals surface area contributed by atoms with Gasteiger partial charge in [0.15, 0.2) is 5.96 Å². The first-order valence-corrected chi connectivity index (χ1v) is 5.92. The molecule has 0 saturated carbocycles. The molecule has 3 N–H and O–H groups in total. The maximum atomic E-state index is 5.76. The van der Waals surface area contributed by atoms with Crippen LogP contribution in [0.4, 0.5) is 5.69 Å². The van der Waals surface area contributed by atoms with Gasteiger partial charge in [0.1, 0.15) is 0 Å². The van der Waals surface area contributed by atoms with Crippen LogP contribution in [0.15, 0.2) is 29.3 Å². The molecule has 0 heterocycles. The second kappa shape index (κ2) is 8.49. The summed E-state index contributed by atoms with van der Waals surface area (Å²) in [4.78, 5) is 4.16. The van der Waals surface area contributed by atoms with Crippen molar-refractivity contribution in [2.75, 3.05) is 38.8 Å². The molecule has 0 atom stereocenters. The Kier molecular flexibility index (Phi) is 6.83. The molecule has 0 saturated heterocycles. The number of nitrogens with two attached hydrogens (primary N) is 1. The van der Waals surface area contributed by atoms with Gasteiger partial charge in [-0.1, -0.05) is 12.1 Å². The SMILES string of the molecule is COCCOCCN=C(N)Nc1cccc(C)c1. The number of methoxy groups -OCH3 is 1. The number of anilines is 1. The number of hydrogen-bond acceptors (Lipinski definition) is 3. The number of nitrogens with zero attached hydrogens (tertiary/aromatic N) is 1. The van der Waals surface area contributed by atoms with Crippen molar-refractivity contribution >= 4 is 11.6 Å². The lowest BCUT2D eigenvalue weighted by Gasteiger charge is -2.06. The van der Waals surface area contributed by atoms with Crippen LogP contribution in [-0.2, 0) is 9.47 Å². The second-order valence-electron chi connectivity index (χ2n) is 3.87. The normalized spacial score (nSPS) is 11.6. The Hall–Kier alpha value is -1.59. The molecule has 1 rings (SSSR count). The van der Waals surface area contributed by atoms with Crippen LogP contribution in [0.5, 0.6) is 0 Å². The summed E-state index contributed by atoms with van der Waals surface area (Å²) >= 11 is 0. The molecule has 0 aliphatic rings. The number of guanidine groups is 1. The maximum absolute atomic E-state index is 5.76. The fourth-order valence-corrected chi connectivity index (χ4v) is 1.39. The molecule has 18 heavy (non-hydrogen) atoms. The van der Waals surface area contributed by atoms with E-state index in [2.05, 4.69) is 10.3 Å². The quantitative estimate of drug-likeness (QED) is 0.436. The van der Waals surface area contributed by atoms with Crippen LogP contribution < -0.4 is 11.1 Å². The van der Waals surface area contributed by atoms with Gasteiger partial charge in [0.05, 0.1) is 26.4 Å². The van der Waals surface area contributed by atoms with Crippen LogP contribution in [0.25, 0.3) is 0 Å². The van der Waals surface area contributed by atoms with Gasteiger partial charge < -0.3 is 20.5 Å². The zero-order valence-corrected chi connectivity index (χ0v) is 11.0. The lowest BCUT2D eigenvalue weighted by molar-refractivity contribution is 0.0748. The molecule has 1 aromatic rings. The summed E-state index contributed by atoms with van der Waals surface area (Å²) in [6, 6.07) is 7.96. The minimum atomic E-state index is 0.399. The Labute approximate surface area is 108 Å². The summed E-state index contributed by atoms with van der Waals surface area (Å²) in [5.41, 5.74) is 7.87. The molecule has 0 aromatic heterocycles. The van der Waals surface area contributed by atoms with E-state index in [-0.39, 0.29) is 0 Å². The summed E-state index contributed by atoms with van der Waals surface area (Å²) < 4.78 is 10.1. The Morgan fingerprint density at radius 1 is 1.33 bits per heavy atom. The van der Waals surface area contributed by atoms with Gasteiger partial charge in [0.2, 0.25) is 0 Å². The third kappa shape index (κ3) is 6.22. The molecule has 5 nitrogen and oxygen atoms in total. The van der Waals surface area contributed by atoms with Crippen LogP contribution in [-0.4, -0.2) is 39.4 Å². The number of aryl methyl sites for hydroxylation is 1. The van der Waals surface area contributed by atoms with Crippen LogP contribution in [0, 0.1) is 6.92 Å². The Morgan fingerprint density at radius 2 is 2.17 bits per heavy atom. The van der Waals surface area contributed by atoms with Crippen molar-refractivity contribution in [3.05, 3.63) is 29.8 Å². The van der Waals surface area contributed by atoms with E-state index >= 15 is 0 Å². The van der Waals surface area contributed by atoms with Crippen molar-refractivity contribution in [1.82, 2.24) is 0 Å². The Balaban J connectivity index is 2.25. The average molecular weight is 251 g/mol. The second-order valence-corrected chi connectivity index (χ2v) is 3.87. The summed E-state index contributed by atoms with van der Waals surface area (Å²) in [6.45, 7) is 4.29. The predicted octanol–water partition coefficient (Wildman–Crippen LogP) is 1.38. The maximum Gasteiger partial charge on any atom is 0.193 e. The molecular formula is C13H21N3O2. The van der Waals surface area contributed by atoms with Crippen molar-refractivity contribution < 1.29 is 9.47 Å². The highest BCUT2D eigenvalue weighted by Gasteiger charge is 1.95. The molecule has 0 aliphatic carbocycles. The first-order chi connectivity index (χ1) is 8.72. The molecule has 0 fully saturated rings. The fraction of sp³-hybridized carbons (Fsp3) is 0.462. The van der Waals surface area contributed by atoms with Crippen molar-refractivity contribution in [3.8, 4) is 0 Å². The summed E-state index contributed by atoms with van der Waals surface area (Å²) in [7, 11) is 1.64. The van der Waals surface area contributed by atoms with Crippen molar-refractivity contribution in [2.45, 2.75) is 6.92 Å². The van der Waals surface area contributed by atoms with E-state index in [1.54, 1.807) is 7.11 Å². The molecule has 0 unspecified atom stereocenters. The molecule has 0 spiro atoms. The van der Waals surface area contributed by atoms with Gasteiger partial charge >= 0.3 is 0 Å². The standard InChI is InChI=1S/C13H21N3O2/c1-11-4-3-5-12(10-11)16-13(14)15-6-7-18-9-8-17-2/h3-5,10H,6-9H2,1-2H3,(H3,14,15,16). The van der Waals surface area contributed by atoms with Crippen LogP contribution in [0.1, 0.15) is 5.56 Å². The smallest absolute Gasteiger partial charge is 0.193 e. The molecule has 1 aromatic carbocycles. The number of benzene rings is 1.